The topological polar surface area (TPSA) is 90.9 Å². The van der Waals surface area contributed by atoms with Crippen molar-refractivity contribution in [2.24, 2.45) is 14.1 Å². The van der Waals surface area contributed by atoms with Crippen molar-refractivity contribution in [1.29, 1.82) is 0 Å². The van der Waals surface area contributed by atoms with E-state index in [2.05, 4.69) is 10.3 Å². The van der Waals surface area contributed by atoms with E-state index < -0.39 is 11.2 Å². The molecule has 1 atom stereocenters. The molecule has 27 heavy (non-hydrogen) atoms. The highest BCUT2D eigenvalue weighted by molar-refractivity contribution is 5.76. The average Bonchev–Trinajstić information content (AvgIpc) is 3.04. The zero-order chi connectivity index (χ0) is 19.6. The van der Waals surface area contributed by atoms with E-state index >= 15 is 0 Å². The number of imidazole rings is 1. The number of hydrogen-bond donors (Lipinski definition) is 1. The van der Waals surface area contributed by atoms with Crippen LogP contribution in [-0.4, -0.2) is 30.6 Å². The number of aromatic nitrogens is 4. The third-order valence-electron chi connectivity index (χ3n) is 4.62. The Morgan fingerprint density at radius 1 is 1.19 bits per heavy atom. The summed E-state index contributed by atoms with van der Waals surface area (Å²) in [7, 11) is 3.21. The SMILES string of the molecule is C[C@@H](CCc1ccccc1)NC(=O)Cn1c(=O)c2c(ncn2C)n(C)c1=O. The van der Waals surface area contributed by atoms with Crippen LogP contribution in [0.3, 0.4) is 0 Å². The molecular weight excluding hydrogens is 346 g/mol. The van der Waals surface area contributed by atoms with Gasteiger partial charge in [-0.2, -0.15) is 0 Å². The maximum Gasteiger partial charge on any atom is 0.332 e. The fourth-order valence-corrected chi connectivity index (χ4v) is 3.10. The maximum atomic E-state index is 12.6. The summed E-state index contributed by atoms with van der Waals surface area (Å²) in [6.45, 7) is 1.59. The molecule has 0 aliphatic rings. The third kappa shape index (κ3) is 3.84. The van der Waals surface area contributed by atoms with Crippen molar-refractivity contribution in [3.05, 3.63) is 63.1 Å². The van der Waals surface area contributed by atoms with E-state index in [4.69, 9.17) is 0 Å². The largest absolute Gasteiger partial charge is 0.352 e. The molecule has 0 radical (unpaired) electrons. The van der Waals surface area contributed by atoms with Gasteiger partial charge in [-0.1, -0.05) is 30.3 Å². The molecule has 1 N–H and O–H groups in total. The van der Waals surface area contributed by atoms with Gasteiger partial charge in [0.25, 0.3) is 5.56 Å². The van der Waals surface area contributed by atoms with Crippen LogP contribution in [0.4, 0.5) is 0 Å². The number of nitrogens with one attached hydrogen (secondary N) is 1. The summed E-state index contributed by atoms with van der Waals surface area (Å²) >= 11 is 0. The molecule has 8 nitrogen and oxygen atoms in total. The van der Waals surface area contributed by atoms with Gasteiger partial charge in [0.05, 0.1) is 6.33 Å². The van der Waals surface area contributed by atoms with Gasteiger partial charge in [0.2, 0.25) is 5.91 Å². The summed E-state index contributed by atoms with van der Waals surface area (Å²) in [5.41, 5.74) is 0.728. The van der Waals surface area contributed by atoms with Crippen molar-refractivity contribution in [3.63, 3.8) is 0 Å². The molecule has 3 rings (SSSR count). The molecule has 3 aromatic rings. The highest BCUT2D eigenvalue weighted by Crippen LogP contribution is 2.05. The Bertz CT molecular complexity index is 1080. The van der Waals surface area contributed by atoms with Crippen LogP contribution >= 0.6 is 0 Å². The molecule has 2 aromatic heterocycles. The molecule has 0 bridgehead atoms. The second kappa shape index (κ2) is 7.61. The lowest BCUT2D eigenvalue weighted by Gasteiger charge is -2.15. The fraction of sp³-hybridized carbons (Fsp3) is 0.368. The van der Waals surface area contributed by atoms with Crippen molar-refractivity contribution in [2.45, 2.75) is 32.4 Å². The molecule has 0 aliphatic carbocycles. The first-order valence-electron chi connectivity index (χ1n) is 8.82. The van der Waals surface area contributed by atoms with Crippen LogP contribution < -0.4 is 16.6 Å². The van der Waals surface area contributed by atoms with Crippen molar-refractivity contribution in [3.8, 4) is 0 Å². The van der Waals surface area contributed by atoms with E-state index in [0.717, 1.165) is 17.4 Å². The van der Waals surface area contributed by atoms with Gasteiger partial charge in [0.1, 0.15) is 6.54 Å². The zero-order valence-electron chi connectivity index (χ0n) is 15.7. The number of carbonyl (C=O) groups is 1. The monoisotopic (exact) mass is 369 g/mol. The molecule has 2 heterocycles. The maximum absolute atomic E-state index is 12.6. The van der Waals surface area contributed by atoms with Crippen LogP contribution in [0, 0.1) is 0 Å². The molecular formula is C19H23N5O3. The van der Waals surface area contributed by atoms with Gasteiger partial charge in [-0.25, -0.2) is 14.3 Å². The number of benzene rings is 1. The minimum Gasteiger partial charge on any atom is -0.352 e. The Hall–Kier alpha value is -3.16. The Morgan fingerprint density at radius 3 is 2.59 bits per heavy atom. The van der Waals surface area contributed by atoms with Gasteiger partial charge in [-0.3, -0.25) is 14.2 Å². The minimum absolute atomic E-state index is 0.0716. The van der Waals surface area contributed by atoms with Crippen molar-refractivity contribution in [1.82, 2.24) is 24.0 Å². The highest BCUT2D eigenvalue weighted by Gasteiger charge is 2.17. The molecule has 1 amide bonds. The standard InChI is InChI=1S/C19H23N5O3/c1-13(9-10-14-7-5-4-6-8-14)21-15(25)11-24-18(26)16-17(20-12-22(16)2)23(3)19(24)27/h4-8,12-13H,9-11H2,1-3H3,(H,21,25)/t13-/m0/s1. The first-order valence-corrected chi connectivity index (χ1v) is 8.82. The summed E-state index contributed by atoms with van der Waals surface area (Å²) in [5.74, 6) is -0.365. The second-order valence-corrected chi connectivity index (χ2v) is 6.75. The molecule has 142 valence electrons. The Labute approximate surface area is 156 Å². The Kier molecular flexibility index (Phi) is 5.25. The second-order valence-electron chi connectivity index (χ2n) is 6.75. The number of nitrogens with zero attached hydrogens (tertiary/aromatic N) is 4. The van der Waals surface area contributed by atoms with Gasteiger partial charge in [-0.15, -0.1) is 0 Å². The molecule has 8 heteroatoms. The first-order chi connectivity index (χ1) is 12.9. The lowest BCUT2D eigenvalue weighted by atomic mass is 10.1. The molecule has 0 unspecified atom stereocenters. The van der Waals surface area contributed by atoms with Crippen LogP contribution in [0.15, 0.2) is 46.2 Å². The number of aryl methyl sites for hydroxylation is 3. The Morgan fingerprint density at radius 2 is 1.89 bits per heavy atom. The van der Waals surface area contributed by atoms with Crippen LogP contribution in [-0.2, 0) is 31.9 Å². The quantitative estimate of drug-likeness (QED) is 0.688. The number of amides is 1. The summed E-state index contributed by atoms with van der Waals surface area (Å²) in [6.07, 6.45) is 3.08. The summed E-state index contributed by atoms with van der Waals surface area (Å²) in [5, 5.41) is 2.86. The summed E-state index contributed by atoms with van der Waals surface area (Å²) in [6, 6.07) is 9.94. The van der Waals surface area contributed by atoms with Crippen LogP contribution in [0.1, 0.15) is 18.9 Å². The van der Waals surface area contributed by atoms with Gasteiger partial charge >= 0.3 is 5.69 Å². The van der Waals surface area contributed by atoms with E-state index in [1.54, 1.807) is 11.6 Å². The molecule has 0 aliphatic heterocycles. The molecule has 0 saturated carbocycles. The number of hydrogen-bond acceptors (Lipinski definition) is 4. The summed E-state index contributed by atoms with van der Waals surface area (Å²) in [4.78, 5) is 41.5. The molecule has 1 aromatic carbocycles. The smallest absolute Gasteiger partial charge is 0.332 e. The van der Waals surface area contributed by atoms with Gasteiger partial charge in [0, 0.05) is 20.1 Å². The number of carbonyl (C=O) groups excluding carboxylic acids is 1. The van der Waals surface area contributed by atoms with Crippen LogP contribution in [0.2, 0.25) is 0 Å². The third-order valence-corrected chi connectivity index (χ3v) is 4.62. The lowest BCUT2D eigenvalue weighted by Crippen LogP contribution is -2.45. The Balaban J connectivity index is 1.71. The number of fused-ring (bicyclic) bond motifs is 1. The van der Waals surface area contributed by atoms with E-state index in [9.17, 15) is 14.4 Å². The first kappa shape index (κ1) is 18.6. The molecule has 0 fully saturated rings. The minimum atomic E-state index is -0.557. The van der Waals surface area contributed by atoms with Gasteiger partial charge in [-0.05, 0) is 25.3 Å². The fourth-order valence-electron chi connectivity index (χ4n) is 3.10. The normalized spacial score (nSPS) is 12.3. The zero-order valence-corrected chi connectivity index (χ0v) is 15.7. The van der Waals surface area contributed by atoms with E-state index in [1.165, 1.54) is 23.5 Å². The van der Waals surface area contributed by atoms with Crippen molar-refractivity contribution < 1.29 is 4.79 Å². The van der Waals surface area contributed by atoms with Crippen molar-refractivity contribution in [2.75, 3.05) is 0 Å². The van der Waals surface area contributed by atoms with E-state index in [0.29, 0.717) is 11.2 Å². The van der Waals surface area contributed by atoms with Gasteiger partial charge < -0.3 is 9.88 Å². The molecule has 0 spiro atoms. The van der Waals surface area contributed by atoms with Crippen LogP contribution in [0.25, 0.3) is 11.2 Å². The molecule has 0 saturated heterocycles. The van der Waals surface area contributed by atoms with E-state index in [-0.39, 0.29) is 18.5 Å². The lowest BCUT2D eigenvalue weighted by molar-refractivity contribution is -0.122. The predicted octanol–water partition coefficient (Wildman–Crippen LogP) is 0.571. The summed E-state index contributed by atoms with van der Waals surface area (Å²) < 4.78 is 3.78. The van der Waals surface area contributed by atoms with E-state index in [1.807, 2.05) is 37.3 Å². The van der Waals surface area contributed by atoms with Crippen LogP contribution in [0.5, 0.6) is 0 Å². The highest BCUT2D eigenvalue weighted by atomic mass is 16.2. The average molecular weight is 369 g/mol. The van der Waals surface area contributed by atoms with Crippen molar-refractivity contribution >= 4 is 17.1 Å². The predicted molar refractivity (Wildman–Crippen MR) is 103 cm³/mol. The number of rotatable bonds is 6. The van der Waals surface area contributed by atoms with Gasteiger partial charge in [0.15, 0.2) is 11.2 Å².